The lowest BCUT2D eigenvalue weighted by atomic mass is 10.0. The Morgan fingerprint density at radius 3 is 2.04 bits per heavy atom. The number of hydrogen-bond donors (Lipinski definition) is 0. The summed E-state index contributed by atoms with van der Waals surface area (Å²) in [6, 6.07) is 17.0. The molecule has 0 aliphatic carbocycles. The van der Waals surface area contributed by atoms with Crippen LogP contribution in [0.1, 0.15) is 30.9 Å². The smallest absolute Gasteiger partial charge is 0.119 e. The Balaban J connectivity index is 1.60. The predicted octanol–water partition coefficient (Wildman–Crippen LogP) is 4.32. The van der Waals surface area contributed by atoms with Crippen LogP contribution in [0.25, 0.3) is 0 Å². The highest BCUT2D eigenvalue weighted by atomic mass is 32.1. The molecule has 0 amide bonds. The molecular formula is C21H26N2OS. The van der Waals surface area contributed by atoms with Gasteiger partial charge >= 0.3 is 0 Å². The van der Waals surface area contributed by atoms with Crippen molar-refractivity contribution in [3.05, 3.63) is 59.7 Å². The molecule has 0 radical (unpaired) electrons. The van der Waals surface area contributed by atoms with Crippen molar-refractivity contribution in [2.45, 2.75) is 19.8 Å². The van der Waals surface area contributed by atoms with Gasteiger partial charge in [-0.05, 0) is 35.7 Å². The van der Waals surface area contributed by atoms with Gasteiger partial charge in [-0.3, -0.25) is 0 Å². The summed E-state index contributed by atoms with van der Waals surface area (Å²) in [5, 5.41) is 0. The number of benzene rings is 2. The van der Waals surface area contributed by atoms with Crippen molar-refractivity contribution in [1.82, 2.24) is 4.90 Å². The first-order valence-corrected chi connectivity index (χ1v) is 9.27. The topological polar surface area (TPSA) is 15.7 Å². The lowest BCUT2D eigenvalue weighted by Gasteiger charge is -2.37. The maximum Gasteiger partial charge on any atom is 0.119 e. The Labute approximate surface area is 156 Å². The average Bonchev–Trinajstić information content (AvgIpc) is 2.67. The van der Waals surface area contributed by atoms with E-state index in [1.54, 1.807) is 7.11 Å². The highest BCUT2D eigenvalue weighted by Crippen LogP contribution is 2.22. The van der Waals surface area contributed by atoms with Gasteiger partial charge in [0.1, 0.15) is 10.7 Å². The third-order valence-corrected chi connectivity index (χ3v) is 5.32. The van der Waals surface area contributed by atoms with Crippen LogP contribution in [0, 0.1) is 0 Å². The Hall–Kier alpha value is -2.07. The summed E-state index contributed by atoms with van der Waals surface area (Å²) in [6.07, 6.45) is 0. The molecule has 3 nitrogen and oxygen atoms in total. The molecule has 0 atom stereocenters. The number of nitrogens with zero attached hydrogens (tertiary/aromatic N) is 2. The molecular weight excluding hydrogens is 328 g/mol. The van der Waals surface area contributed by atoms with Gasteiger partial charge in [-0.2, -0.15) is 0 Å². The minimum atomic E-state index is 0.552. The molecule has 0 N–H and O–H groups in total. The molecule has 0 unspecified atom stereocenters. The second-order valence-electron chi connectivity index (χ2n) is 6.75. The van der Waals surface area contributed by atoms with E-state index in [0.717, 1.165) is 42.5 Å². The van der Waals surface area contributed by atoms with Crippen molar-refractivity contribution in [3.8, 4) is 5.75 Å². The summed E-state index contributed by atoms with van der Waals surface area (Å²) in [7, 11) is 1.70. The van der Waals surface area contributed by atoms with E-state index in [1.165, 1.54) is 11.3 Å². The highest BCUT2D eigenvalue weighted by Gasteiger charge is 2.20. The molecule has 25 heavy (non-hydrogen) atoms. The van der Waals surface area contributed by atoms with Crippen molar-refractivity contribution in [2.75, 3.05) is 38.2 Å². The van der Waals surface area contributed by atoms with E-state index in [-0.39, 0.29) is 0 Å². The van der Waals surface area contributed by atoms with Crippen molar-refractivity contribution >= 4 is 22.9 Å². The van der Waals surface area contributed by atoms with Crippen molar-refractivity contribution < 1.29 is 4.74 Å². The van der Waals surface area contributed by atoms with Gasteiger partial charge in [0, 0.05) is 37.4 Å². The van der Waals surface area contributed by atoms with Gasteiger partial charge in [-0.15, -0.1) is 0 Å². The van der Waals surface area contributed by atoms with E-state index in [4.69, 9.17) is 17.0 Å². The van der Waals surface area contributed by atoms with Crippen LogP contribution in [0.4, 0.5) is 5.69 Å². The molecule has 1 fully saturated rings. The maximum atomic E-state index is 5.73. The summed E-state index contributed by atoms with van der Waals surface area (Å²) in [6.45, 7) is 8.30. The molecule has 2 aromatic carbocycles. The van der Waals surface area contributed by atoms with E-state index >= 15 is 0 Å². The molecule has 0 saturated carbocycles. The zero-order chi connectivity index (χ0) is 17.8. The summed E-state index contributed by atoms with van der Waals surface area (Å²) in [5.41, 5.74) is 3.75. The monoisotopic (exact) mass is 354 g/mol. The van der Waals surface area contributed by atoms with Crippen LogP contribution < -0.4 is 9.64 Å². The molecule has 1 aliphatic rings. The third-order valence-electron chi connectivity index (χ3n) is 4.83. The second kappa shape index (κ2) is 7.87. The Morgan fingerprint density at radius 1 is 0.920 bits per heavy atom. The number of thiocarbonyl (C=S) groups is 1. The van der Waals surface area contributed by atoms with Gasteiger partial charge in [-0.25, -0.2) is 0 Å². The lowest BCUT2D eigenvalue weighted by Crippen LogP contribution is -2.48. The van der Waals surface area contributed by atoms with Crippen LogP contribution in [-0.4, -0.2) is 43.2 Å². The van der Waals surface area contributed by atoms with Crippen LogP contribution in [0.5, 0.6) is 5.75 Å². The Kier molecular flexibility index (Phi) is 5.59. The van der Waals surface area contributed by atoms with E-state index in [0.29, 0.717) is 5.92 Å². The van der Waals surface area contributed by atoms with E-state index in [1.807, 2.05) is 12.1 Å². The average molecular weight is 355 g/mol. The number of rotatable bonds is 4. The molecule has 1 saturated heterocycles. The SMILES string of the molecule is COc1ccc(N2CCN(C(=S)c3ccc(C(C)C)cc3)CC2)cc1. The highest BCUT2D eigenvalue weighted by molar-refractivity contribution is 7.80. The fourth-order valence-corrected chi connectivity index (χ4v) is 3.47. The minimum absolute atomic E-state index is 0.552. The first-order chi connectivity index (χ1) is 12.1. The maximum absolute atomic E-state index is 5.73. The van der Waals surface area contributed by atoms with Gasteiger partial charge < -0.3 is 14.5 Å². The third kappa shape index (κ3) is 4.13. The van der Waals surface area contributed by atoms with Gasteiger partial charge in [0.15, 0.2) is 0 Å². The molecule has 4 heteroatoms. The van der Waals surface area contributed by atoms with Crippen LogP contribution in [0.15, 0.2) is 48.5 Å². The molecule has 1 heterocycles. The van der Waals surface area contributed by atoms with E-state index < -0.39 is 0 Å². The second-order valence-corrected chi connectivity index (χ2v) is 7.14. The molecule has 1 aliphatic heterocycles. The fraction of sp³-hybridized carbons (Fsp3) is 0.381. The number of piperazine rings is 1. The Morgan fingerprint density at radius 2 is 1.52 bits per heavy atom. The quantitative estimate of drug-likeness (QED) is 0.760. The van der Waals surface area contributed by atoms with Gasteiger partial charge in [0.2, 0.25) is 0 Å². The number of methoxy groups -OCH3 is 1. The van der Waals surface area contributed by atoms with Gasteiger partial charge in [-0.1, -0.05) is 50.3 Å². The lowest BCUT2D eigenvalue weighted by molar-refractivity contribution is 0.392. The first kappa shape index (κ1) is 17.7. The zero-order valence-electron chi connectivity index (χ0n) is 15.2. The number of anilines is 1. The van der Waals surface area contributed by atoms with Crippen LogP contribution in [0.3, 0.4) is 0 Å². The van der Waals surface area contributed by atoms with Gasteiger partial charge in [0.05, 0.1) is 7.11 Å². The van der Waals surface area contributed by atoms with Crippen LogP contribution >= 0.6 is 12.2 Å². The summed E-state index contributed by atoms with van der Waals surface area (Å²) in [4.78, 5) is 5.69. The largest absolute Gasteiger partial charge is 0.497 e. The number of hydrogen-bond acceptors (Lipinski definition) is 3. The molecule has 0 spiro atoms. The van der Waals surface area contributed by atoms with Crippen molar-refractivity contribution in [1.29, 1.82) is 0 Å². The van der Waals surface area contributed by atoms with Crippen LogP contribution in [0.2, 0.25) is 0 Å². The molecule has 0 bridgehead atoms. The Bertz CT molecular complexity index is 702. The zero-order valence-corrected chi connectivity index (χ0v) is 16.1. The summed E-state index contributed by atoms with van der Waals surface area (Å²) >= 11 is 5.73. The molecule has 132 valence electrons. The predicted molar refractivity (Wildman–Crippen MR) is 109 cm³/mol. The van der Waals surface area contributed by atoms with E-state index in [2.05, 4.69) is 60.0 Å². The van der Waals surface area contributed by atoms with Crippen molar-refractivity contribution in [3.63, 3.8) is 0 Å². The van der Waals surface area contributed by atoms with E-state index in [9.17, 15) is 0 Å². The van der Waals surface area contributed by atoms with Gasteiger partial charge in [0.25, 0.3) is 0 Å². The molecule has 3 rings (SSSR count). The van der Waals surface area contributed by atoms with Crippen molar-refractivity contribution in [2.24, 2.45) is 0 Å². The standard InChI is InChI=1S/C21H26N2OS/c1-16(2)17-4-6-18(7-5-17)21(25)23-14-12-22(13-15-23)19-8-10-20(24-3)11-9-19/h4-11,16H,12-15H2,1-3H3. The molecule has 2 aromatic rings. The minimum Gasteiger partial charge on any atom is -0.497 e. The first-order valence-electron chi connectivity index (χ1n) is 8.86. The fourth-order valence-electron chi connectivity index (χ4n) is 3.15. The number of ether oxygens (including phenoxy) is 1. The normalized spacial score (nSPS) is 14.7. The summed E-state index contributed by atoms with van der Waals surface area (Å²) < 4.78 is 5.23. The molecule has 0 aromatic heterocycles. The summed E-state index contributed by atoms with van der Waals surface area (Å²) in [5.74, 6) is 1.45. The van der Waals surface area contributed by atoms with Crippen LogP contribution in [-0.2, 0) is 0 Å².